The number of carbonyl (C=O) groups is 1. The predicted octanol–water partition coefficient (Wildman–Crippen LogP) is 2.61. The summed E-state index contributed by atoms with van der Waals surface area (Å²) in [6.45, 7) is 1.63. The van der Waals surface area contributed by atoms with Crippen LogP contribution in [0.15, 0.2) is 54.9 Å². The van der Waals surface area contributed by atoms with Crippen LogP contribution in [0.2, 0.25) is 0 Å². The summed E-state index contributed by atoms with van der Waals surface area (Å²) in [4.78, 5) is 12.8. The minimum absolute atomic E-state index is 0.204. The van der Waals surface area contributed by atoms with Crippen LogP contribution in [0.25, 0.3) is 0 Å². The molecule has 8 heteroatoms. The molecule has 0 aliphatic rings. The highest BCUT2D eigenvalue weighted by Crippen LogP contribution is 2.20. The molecule has 0 fully saturated rings. The summed E-state index contributed by atoms with van der Waals surface area (Å²) in [5.74, 6) is -1.74. The molecule has 0 bridgehead atoms. The Morgan fingerprint density at radius 3 is 2.62 bits per heavy atom. The molecule has 1 heterocycles. The number of nitrogens with zero attached hydrogens (tertiary/aromatic N) is 4. The Hall–Kier alpha value is -3.16. The Bertz CT molecular complexity index is 871. The Morgan fingerprint density at radius 1 is 1.19 bits per heavy atom. The zero-order valence-corrected chi connectivity index (χ0v) is 14.0. The van der Waals surface area contributed by atoms with Crippen molar-refractivity contribution in [3.63, 3.8) is 0 Å². The molecule has 1 N–H and O–H groups in total. The lowest BCUT2D eigenvalue weighted by molar-refractivity contribution is -0.125. The smallest absolute Gasteiger partial charge is 0.245 e. The molecule has 0 spiro atoms. The van der Waals surface area contributed by atoms with Gasteiger partial charge >= 0.3 is 0 Å². The topological polar surface area (TPSA) is 72.7 Å². The lowest BCUT2D eigenvalue weighted by Crippen LogP contribution is -2.36. The van der Waals surface area contributed by atoms with E-state index in [9.17, 15) is 13.6 Å². The van der Waals surface area contributed by atoms with Crippen molar-refractivity contribution in [1.29, 1.82) is 0 Å². The van der Waals surface area contributed by atoms with Crippen LogP contribution in [0, 0.1) is 11.6 Å². The van der Waals surface area contributed by atoms with E-state index >= 15 is 0 Å². The summed E-state index contributed by atoms with van der Waals surface area (Å²) in [7, 11) is 0. The van der Waals surface area contributed by atoms with Gasteiger partial charge in [0.05, 0.1) is 6.04 Å². The monoisotopic (exact) mass is 357 g/mol. The van der Waals surface area contributed by atoms with Crippen LogP contribution in [0.5, 0.6) is 0 Å². The van der Waals surface area contributed by atoms with Crippen LogP contribution in [0.1, 0.15) is 30.1 Å². The molecule has 2 aromatic carbocycles. The van der Waals surface area contributed by atoms with Crippen LogP contribution >= 0.6 is 0 Å². The number of halogens is 2. The lowest BCUT2D eigenvalue weighted by Gasteiger charge is -2.20. The average molecular weight is 357 g/mol. The van der Waals surface area contributed by atoms with Gasteiger partial charge in [-0.15, -0.1) is 5.10 Å². The molecule has 0 saturated carbocycles. The third-order valence-electron chi connectivity index (χ3n) is 4.05. The molecule has 26 heavy (non-hydrogen) atoms. The molecule has 0 unspecified atom stereocenters. The fourth-order valence-electron chi connectivity index (χ4n) is 2.69. The maximum Gasteiger partial charge on any atom is 0.245 e. The van der Waals surface area contributed by atoms with Crippen molar-refractivity contribution in [1.82, 2.24) is 25.5 Å². The van der Waals surface area contributed by atoms with Crippen molar-refractivity contribution >= 4 is 5.91 Å². The van der Waals surface area contributed by atoms with Gasteiger partial charge in [-0.1, -0.05) is 36.4 Å². The number of hydrogen-bond acceptors (Lipinski definition) is 4. The average Bonchev–Trinajstić information content (AvgIpc) is 3.14. The maximum atomic E-state index is 13.9. The van der Waals surface area contributed by atoms with E-state index in [1.807, 2.05) is 30.3 Å². The van der Waals surface area contributed by atoms with Gasteiger partial charge in [0.1, 0.15) is 24.0 Å². The van der Waals surface area contributed by atoms with E-state index in [4.69, 9.17) is 0 Å². The minimum atomic E-state index is -0.708. The number of rotatable bonds is 6. The van der Waals surface area contributed by atoms with Gasteiger partial charge in [-0.2, -0.15) is 0 Å². The fraction of sp³-hybridized carbons (Fsp3) is 0.222. The number of nitrogens with one attached hydrogen (secondary N) is 1. The Labute approximate surface area is 148 Å². The van der Waals surface area contributed by atoms with E-state index in [0.717, 1.165) is 17.7 Å². The van der Waals surface area contributed by atoms with Gasteiger partial charge in [0.25, 0.3) is 0 Å². The molecule has 0 aliphatic heterocycles. The zero-order chi connectivity index (χ0) is 18.5. The third kappa shape index (κ3) is 4.08. The molecule has 1 amide bonds. The number of benzene rings is 2. The highest BCUT2D eigenvalue weighted by molar-refractivity contribution is 5.80. The SMILES string of the molecule is C[C@@H](NC(=O)[C@H](Cc1ccccc1)n1cnnn1)c1ccc(F)cc1F. The van der Waals surface area contributed by atoms with E-state index in [-0.39, 0.29) is 11.5 Å². The Kier molecular flexibility index (Phi) is 5.31. The summed E-state index contributed by atoms with van der Waals surface area (Å²) in [6.07, 6.45) is 1.73. The number of hydrogen-bond donors (Lipinski definition) is 1. The van der Waals surface area contributed by atoms with Crippen LogP contribution in [0.3, 0.4) is 0 Å². The highest BCUT2D eigenvalue weighted by Gasteiger charge is 2.24. The first-order valence-corrected chi connectivity index (χ1v) is 8.06. The molecule has 1 aromatic heterocycles. The van der Waals surface area contributed by atoms with Gasteiger partial charge < -0.3 is 5.32 Å². The summed E-state index contributed by atoms with van der Waals surface area (Å²) in [6, 6.07) is 11.4. The van der Waals surface area contributed by atoms with Gasteiger partial charge in [-0.3, -0.25) is 4.79 Å². The van der Waals surface area contributed by atoms with E-state index in [0.29, 0.717) is 6.42 Å². The van der Waals surface area contributed by atoms with Crippen molar-refractivity contribution in [3.05, 3.63) is 77.6 Å². The summed E-state index contributed by atoms with van der Waals surface area (Å²) >= 11 is 0. The minimum Gasteiger partial charge on any atom is -0.348 e. The largest absolute Gasteiger partial charge is 0.348 e. The molecule has 3 aromatic rings. The van der Waals surface area contributed by atoms with E-state index < -0.39 is 23.7 Å². The molecular formula is C18H17F2N5O. The van der Waals surface area contributed by atoms with Crippen LogP contribution in [-0.2, 0) is 11.2 Å². The van der Waals surface area contributed by atoms with Gasteiger partial charge in [-0.25, -0.2) is 13.5 Å². The molecule has 6 nitrogen and oxygen atoms in total. The van der Waals surface area contributed by atoms with Crippen molar-refractivity contribution < 1.29 is 13.6 Å². The third-order valence-corrected chi connectivity index (χ3v) is 4.05. The van der Waals surface area contributed by atoms with Gasteiger partial charge in [-0.05, 0) is 29.0 Å². The second kappa shape index (κ2) is 7.81. The van der Waals surface area contributed by atoms with Crippen molar-refractivity contribution in [3.8, 4) is 0 Å². The van der Waals surface area contributed by atoms with E-state index in [1.54, 1.807) is 6.92 Å². The number of carbonyl (C=O) groups excluding carboxylic acids is 1. The van der Waals surface area contributed by atoms with Gasteiger partial charge in [0, 0.05) is 18.1 Å². The van der Waals surface area contributed by atoms with Gasteiger partial charge in [0.2, 0.25) is 5.91 Å². The number of aromatic nitrogens is 4. The molecule has 0 radical (unpaired) electrons. The summed E-state index contributed by atoms with van der Waals surface area (Å²) < 4.78 is 28.4. The molecule has 134 valence electrons. The number of tetrazole rings is 1. The quantitative estimate of drug-likeness (QED) is 0.736. The second-order valence-electron chi connectivity index (χ2n) is 5.89. The molecular weight excluding hydrogens is 340 g/mol. The summed E-state index contributed by atoms with van der Waals surface area (Å²) in [5.41, 5.74) is 1.14. The Morgan fingerprint density at radius 2 is 1.96 bits per heavy atom. The van der Waals surface area contributed by atoms with Crippen LogP contribution < -0.4 is 5.32 Å². The number of amides is 1. The molecule has 2 atom stereocenters. The zero-order valence-electron chi connectivity index (χ0n) is 14.0. The van der Waals surface area contributed by atoms with Crippen molar-refractivity contribution in [2.75, 3.05) is 0 Å². The molecule has 3 rings (SSSR count). The lowest BCUT2D eigenvalue weighted by atomic mass is 10.0. The normalized spacial score (nSPS) is 13.2. The van der Waals surface area contributed by atoms with Crippen LogP contribution in [0.4, 0.5) is 8.78 Å². The first-order chi connectivity index (χ1) is 12.5. The first kappa shape index (κ1) is 17.7. The molecule has 0 aliphatic carbocycles. The van der Waals surface area contributed by atoms with E-state index in [1.165, 1.54) is 17.1 Å². The highest BCUT2D eigenvalue weighted by atomic mass is 19.1. The van der Waals surface area contributed by atoms with E-state index in [2.05, 4.69) is 20.8 Å². The predicted molar refractivity (Wildman–Crippen MR) is 89.9 cm³/mol. The fourth-order valence-corrected chi connectivity index (χ4v) is 2.69. The standard InChI is InChI=1S/C18H17F2N5O/c1-12(15-8-7-14(19)10-16(15)20)22-18(26)17(25-11-21-23-24-25)9-13-5-3-2-4-6-13/h2-8,10-12,17H,9H2,1H3,(H,22,26)/t12-,17+/m1/s1. The molecule has 0 saturated heterocycles. The Balaban J connectivity index is 1.79. The van der Waals surface area contributed by atoms with Crippen LogP contribution in [-0.4, -0.2) is 26.1 Å². The first-order valence-electron chi connectivity index (χ1n) is 8.06. The summed E-state index contributed by atoms with van der Waals surface area (Å²) in [5, 5.41) is 13.7. The second-order valence-corrected chi connectivity index (χ2v) is 5.89. The van der Waals surface area contributed by atoms with Crippen molar-refractivity contribution in [2.45, 2.75) is 25.4 Å². The van der Waals surface area contributed by atoms with Gasteiger partial charge in [0.15, 0.2) is 0 Å². The maximum absolute atomic E-state index is 13.9. The van der Waals surface area contributed by atoms with Crippen molar-refractivity contribution in [2.24, 2.45) is 0 Å².